The minimum atomic E-state index is -3.70. The second-order valence-corrected chi connectivity index (χ2v) is 7.70. The number of hydrogen-bond donors (Lipinski definition) is 1. The van der Waals surface area contributed by atoms with Crippen LogP contribution in [-0.2, 0) is 16.6 Å². The maximum absolute atomic E-state index is 12.9. The van der Waals surface area contributed by atoms with Crippen molar-refractivity contribution < 1.29 is 8.42 Å². The van der Waals surface area contributed by atoms with Crippen LogP contribution in [0.25, 0.3) is 11.3 Å². The van der Waals surface area contributed by atoms with E-state index in [1.807, 2.05) is 44.2 Å². The summed E-state index contributed by atoms with van der Waals surface area (Å²) in [6.45, 7) is 4.12. The molecule has 6 nitrogen and oxygen atoms in total. The van der Waals surface area contributed by atoms with Gasteiger partial charge in [0.1, 0.15) is 10.6 Å². The Bertz CT molecular complexity index is 936. The summed E-state index contributed by atoms with van der Waals surface area (Å²) in [5.41, 5.74) is 2.07. The van der Waals surface area contributed by atoms with E-state index in [1.165, 1.54) is 0 Å². The molecule has 3 rings (SSSR count). The smallest absolute Gasteiger partial charge is 0.244 e. The number of nitrogens with one attached hydrogen (secondary N) is 1. The highest BCUT2D eigenvalue weighted by Gasteiger charge is 2.24. The molecule has 1 aromatic carbocycles. The zero-order chi connectivity index (χ0) is 17.9. The molecule has 0 aliphatic rings. The SMILES string of the molecule is CC(C)n1cc(S(=O)(=O)NCc2ccncc2)c(-c2ccccc2)n1. The lowest BCUT2D eigenvalue weighted by molar-refractivity contribution is 0.532. The Labute approximate surface area is 147 Å². The summed E-state index contributed by atoms with van der Waals surface area (Å²) in [6.07, 6.45) is 4.85. The van der Waals surface area contributed by atoms with Crippen LogP contribution in [0.4, 0.5) is 0 Å². The lowest BCUT2D eigenvalue weighted by Gasteiger charge is -2.07. The lowest BCUT2D eigenvalue weighted by Crippen LogP contribution is -2.23. The predicted octanol–water partition coefficient (Wildman–Crippen LogP) is 3.00. The summed E-state index contributed by atoms with van der Waals surface area (Å²) in [4.78, 5) is 4.12. The van der Waals surface area contributed by atoms with E-state index in [0.29, 0.717) is 5.69 Å². The van der Waals surface area contributed by atoms with Gasteiger partial charge in [0, 0.05) is 36.7 Å². The number of benzene rings is 1. The van der Waals surface area contributed by atoms with Crippen molar-refractivity contribution in [2.45, 2.75) is 31.3 Å². The van der Waals surface area contributed by atoms with E-state index in [2.05, 4.69) is 14.8 Å². The maximum Gasteiger partial charge on any atom is 0.244 e. The fourth-order valence-corrected chi connectivity index (χ4v) is 3.56. The Hall–Kier alpha value is -2.51. The number of nitrogens with zero attached hydrogens (tertiary/aromatic N) is 3. The van der Waals surface area contributed by atoms with Crippen molar-refractivity contribution in [2.75, 3.05) is 0 Å². The number of rotatable bonds is 6. The minimum Gasteiger partial charge on any atom is -0.268 e. The van der Waals surface area contributed by atoms with Gasteiger partial charge in [-0.2, -0.15) is 5.10 Å². The van der Waals surface area contributed by atoms with Gasteiger partial charge >= 0.3 is 0 Å². The van der Waals surface area contributed by atoms with Crippen molar-refractivity contribution in [3.8, 4) is 11.3 Å². The van der Waals surface area contributed by atoms with Crippen molar-refractivity contribution in [3.63, 3.8) is 0 Å². The second kappa shape index (κ2) is 7.16. The molecule has 0 saturated carbocycles. The third-order valence-corrected chi connectivity index (χ3v) is 5.18. The summed E-state index contributed by atoms with van der Waals surface area (Å²) in [5, 5.41) is 4.49. The van der Waals surface area contributed by atoms with Crippen LogP contribution in [-0.4, -0.2) is 23.2 Å². The molecular weight excluding hydrogens is 336 g/mol. The van der Waals surface area contributed by atoms with Crippen LogP contribution < -0.4 is 4.72 Å². The topological polar surface area (TPSA) is 76.9 Å². The van der Waals surface area contributed by atoms with Crippen molar-refractivity contribution in [1.29, 1.82) is 0 Å². The average Bonchev–Trinajstić information content (AvgIpc) is 3.08. The zero-order valence-electron chi connectivity index (χ0n) is 14.1. The third kappa shape index (κ3) is 3.94. The van der Waals surface area contributed by atoms with Gasteiger partial charge in [-0.1, -0.05) is 30.3 Å². The Morgan fingerprint density at radius 1 is 1.08 bits per heavy atom. The number of sulfonamides is 1. The van der Waals surface area contributed by atoms with Crippen molar-refractivity contribution in [1.82, 2.24) is 19.5 Å². The average molecular weight is 356 g/mol. The van der Waals surface area contributed by atoms with Crippen molar-refractivity contribution in [3.05, 3.63) is 66.6 Å². The third-order valence-electron chi connectivity index (χ3n) is 3.78. The quantitative estimate of drug-likeness (QED) is 0.736. The number of hydrogen-bond acceptors (Lipinski definition) is 4. The maximum atomic E-state index is 12.9. The van der Waals surface area contributed by atoms with E-state index >= 15 is 0 Å². The van der Waals surface area contributed by atoms with Gasteiger partial charge in [0.2, 0.25) is 10.0 Å². The fraction of sp³-hybridized carbons (Fsp3) is 0.222. The summed E-state index contributed by atoms with van der Waals surface area (Å²) in [6, 6.07) is 12.9. The molecule has 0 unspecified atom stereocenters. The molecule has 2 heterocycles. The largest absolute Gasteiger partial charge is 0.268 e. The number of aromatic nitrogens is 3. The van der Waals surface area contributed by atoms with Crippen molar-refractivity contribution >= 4 is 10.0 Å². The lowest BCUT2D eigenvalue weighted by atomic mass is 10.2. The number of pyridine rings is 1. The predicted molar refractivity (Wildman–Crippen MR) is 96.3 cm³/mol. The molecule has 3 aromatic rings. The highest BCUT2D eigenvalue weighted by Crippen LogP contribution is 2.27. The summed E-state index contributed by atoms with van der Waals surface area (Å²) < 4.78 is 30.0. The molecule has 130 valence electrons. The molecule has 0 aliphatic heterocycles. The van der Waals surface area contributed by atoms with E-state index in [1.54, 1.807) is 35.4 Å². The molecule has 7 heteroatoms. The molecule has 2 aromatic heterocycles. The standard InChI is InChI=1S/C18H20N4O2S/c1-14(2)22-13-17(18(21-22)16-6-4-3-5-7-16)25(23,24)20-12-15-8-10-19-11-9-15/h3-11,13-14,20H,12H2,1-2H3. The van der Waals surface area contributed by atoms with Crippen LogP contribution in [0.1, 0.15) is 25.5 Å². The monoisotopic (exact) mass is 356 g/mol. The van der Waals surface area contributed by atoms with Gasteiger partial charge in [0.25, 0.3) is 0 Å². The molecule has 0 spiro atoms. The van der Waals surface area contributed by atoms with Gasteiger partial charge in [-0.25, -0.2) is 13.1 Å². The summed E-state index contributed by atoms with van der Waals surface area (Å²) in [7, 11) is -3.70. The van der Waals surface area contributed by atoms with Crippen LogP contribution in [0.5, 0.6) is 0 Å². The fourth-order valence-electron chi connectivity index (χ4n) is 2.39. The molecule has 0 bridgehead atoms. The van der Waals surface area contributed by atoms with Gasteiger partial charge in [0.05, 0.1) is 0 Å². The first-order chi connectivity index (χ1) is 12.0. The van der Waals surface area contributed by atoms with E-state index in [9.17, 15) is 8.42 Å². The molecule has 0 aliphatic carbocycles. The second-order valence-electron chi connectivity index (χ2n) is 5.96. The first-order valence-corrected chi connectivity index (χ1v) is 9.49. The van der Waals surface area contributed by atoms with Gasteiger partial charge in [-0.3, -0.25) is 9.67 Å². The van der Waals surface area contributed by atoms with Crippen LogP contribution >= 0.6 is 0 Å². The normalized spacial score (nSPS) is 11.8. The van der Waals surface area contributed by atoms with Crippen LogP contribution in [0.2, 0.25) is 0 Å². The summed E-state index contributed by atoms with van der Waals surface area (Å²) >= 11 is 0. The molecule has 0 saturated heterocycles. The Morgan fingerprint density at radius 2 is 1.76 bits per heavy atom. The highest BCUT2D eigenvalue weighted by molar-refractivity contribution is 7.89. The van der Waals surface area contributed by atoms with E-state index < -0.39 is 10.0 Å². The molecule has 0 atom stereocenters. The van der Waals surface area contributed by atoms with E-state index in [0.717, 1.165) is 11.1 Å². The van der Waals surface area contributed by atoms with Crippen molar-refractivity contribution in [2.24, 2.45) is 0 Å². The van der Waals surface area contributed by atoms with Gasteiger partial charge < -0.3 is 0 Å². The Morgan fingerprint density at radius 3 is 2.40 bits per heavy atom. The Balaban J connectivity index is 1.97. The molecule has 0 fully saturated rings. The van der Waals surface area contributed by atoms with Crippen LogP contribution in [0.3, 0.4) is 0 Å². The summed E-state index contributed by atoms with van der Waals surface area (Å²) in [5.74, 6) is 0. The van der Waals surface area contributed by atoms with Gasteiger partial charge in [-0.15, -0.1) is 0 Å². The molecular formula is C18H20N4O2S. The van der Waals surface area contributed by atoms with E-state index in [4.69, 9.17) is 0 Å². The molecule has 1 N–H and O–H groups in total. The van der Waals surface area contributed by atoms with Gasteiger partial charge in [-0.05, 0) is 31.5 Å². The van der Waals surface area contributed by atoms with Crippen LogP contribution in [0, 0.1) is 0 Å². The zero-order valence-corrected chi connectivity index (χ0v) is 14.9. The molecule has 0 radical (unpaired) electrons. The minimum absolute atomic E-state index is 0.0617. The first-order valence-electron chi connectivity index (χ1n) is 8.00. The highest BCUT2D eigenvalue weighted by atomic mass is 32.2. The van der Waals surface area contributed by atoms with Crippen LogP contribution in [0.15, 0.2) is 66.0 Å². The Kier molecular flexibility index (Phi) is 4.96. The van der Waals surface area contributed by atoms with E-state index in [-0.39, 0.29) is 17.5 Å². The molecule has 25 heavy (non-hydrogen) atoms. The van der Waals surface area contributed by atoms with Gasteiger partial charge in [0.15, 0.2) is 0 Å². The molecule has 0 amide bonds. The first kappa shape index (κ1) is 17.3.